The highest BCUT2D eigenvalue weighted by molar-refractivity contribution is 7.94. The van der Waals surface area contributed by atoms with Crippen LogP contribution in [-0.4, -0.2) is 112 Å². The number of alkyl halides is 2. The molecule has 2 aliphatic heterocycles. The number of halogens is 3. The van der Waals surface area contributed by atoms with E-state index in [9.17, 15) is 40.8 Å². The van der Waals surface area contributed by atoms with Crippen LogP contribution in [0.3, 0.4) is 0 Å². The molecule has 3 aromatic carbocycles. The molecule has 3 aliphatic rings. The van der Waals surface area contributed by atoms with Gasteiger partial charge in [0.05, 0.1) is 41.3 Å². The molecule has 18 nitrogen and oxygen atoms in total. The molecule has 1 aliphatic carbocycles. The zero-order chi connectivity index (χ0) is 51.3. The molecule has 6 aromatic rings. The number of nitrogens with one attached hydrogen (secondary N) is 5. The second-order valence-corrected chi connectivity index (χ2v) is 21.4. The van der Waals surface area contributed by atoms with E-state index in [4.69, 9.17) is 9.47 Å². The molecule has 3 aromatic heterocycles. The number of nitrogens with zero attached hydrogens (tertiary/aromatic N) is 3. The van der Waals surface area contributed by atoms with Crippen molar-refractivity contribution < 1.29 is 59.7 Å². The first-order valence-corrected chi connectivity index (χ1v) is 26.4. The number of benzene rings is 3. The number of anilines is 3. The van der Waals surface area contributed by atoms with Gasteiger partial charge in [0.15, 0.2) is 22.4 Å². The molecule has 9 rings (SSSR count). The second kappa shape index (κ2) is 21.8. The van der Waals surface area contributed by atoms with Gasteiger partial charge in [-0.3, -0.25) is 23.9 Å². The van der Waals surface area contributed by atoms with Crippen molar-refractivity contribution in [2.75, 3.05) is 74.5 Å². The third-order valence-electron chi connectivity index (χ3n) is 12.4. The number of thiazole rings is 1. The van der Waals surface area contributed by atoms with Crippen LogP contribution < -0.4 is 35.5 Å². The normalized spacial score (nSPS) is 15.9. The smallest absolute Gasteiger partial charge is 0.395 e. The Morgan fingerprint density at radius 2 is 1.66 bits per heavy atom. The van der Waals surface area contributed by atoms with Gasteiger partial charge < -0.3 is 45.1 Å². The van der Waals surface area contributed by atoms with Gasteiger partial charge in [-0.15, -0.1) is 20.1 Å². The van der Waals surface area contributed by atoms with E-state index in [1.54, 1.807) is 41.8 Å². The molecule has 4 amide bonds. The van der Waals surface area contributed by atoms with Crippen molar-refractivity contribution in [1.29, 1.82) is 0 Å². The van der Waals surface area contributed by atoms with Crippen molar-refractivity contribution in [1.82, 2.24) is 25.5 Å². The number of ether oxygens (including phenoxy) is 4. The largest absolute Gasteiger partial charge is 0.586 e. The topological polar surface area (TPSA) is 229 Å². The van der Waals surface area contributed by atoms with Crippen LogP contribution in [0.2, 0.25) is 0 Å². The number of amides is 4. The van der Waals surface area contributed by atoms with E-state index in [1.165, 1.54) is 24.3 Å². The molecule has 24 heteroatoms. The predicted molar refractivity (Wildman–Crippen MR) is 266 cm³/mol. The Labute approximate surface area is 425 Å². The standard InChI is InChI=1S/C49H49F3N8O10S3/c1-29-7-10-39(56-46(64)48(13-14-48)33-8-9-36-37(25-33)70-49(51,52)69-36)55-42(29)31-4-2-5-32(24-31)44(62)54-16-20-67-21-22-68-28-40(61)53-15-19-60-17-11-30(12-18-60)45(63)58-47-57-43-35(50)26-34(27-38(43)72-47)59-73(65,66)41-6-3-23-71-41/h2-10,23-27,30,59H,11-22,28H2,1H3,(H,53,61)(H,54,62)(H,55,56,64)(H,57,58,63). The van der Waals surface area contributed by atoms with E-state index >= 15 is 0 Å². The van der Waals surface area contributed by atoms with Gasteiger partial charge in [-0.2, -0.15) is 0 Å². The summed E-state index contributed by atoms with van der Waals surface area (Å²) in [5.74, 6) is -2.11. The Bertz CT molecular complexity index is 3150. The summed E-state index contributed by atoms with van der Waals surface area (Å²) in [4.78, 5) is 63.1. The van der Waals surface area contributed by atoms with Crippen molar-refractivity contribution in [2.24, 2.45) is 5.92 Å². The molecular formula is C49H49F3N8O10S3. The Hall–Kier alpha value is -6.70. The number of carbonyl (C=O) groups excluding carboxylic acids is 4. The number of carbonyl (C=O) groups is 4. The summed E-state index contributed by atoms with van der Waals surface area (Å²) in [5, 5.41) is 13.2. The van der Waals surface area contributed by atoms with Crippen molar-refractivity contribution in [3.63, 3.8) is 0 Å². The van der Waals surface area contributed by atoms with Crippen molar-refractivity contribution >= 4 is 83.2 Å². The lowest BCUT2D eigenvalue weighted by Crippen LogP contribution is -2.42. The summed E-state index contributed by atoms with van der Waals surface area (Å²) < 4.78 is 90.4. The van der Waals surface area contributed by atoms with Crippen LogP contribution in [-0.2, 0) is 39.3 Å². The number of piperidine rings is 1. The lowest BCUT2D eigenvalue weighted by molar-refractivity contribution is -0.286. The van der Waals surface area contributed by atoms with Crippen molar-refractivity contribution in [3.05, 3.63) is 107 Å². The van der Waals surface area contributed by atoms with Gasteiger partial charge in [0, 0.05) is 42.7 Å². The molecule has 2 fully saturated rings. The average Bonchev–Trinajstić information content (AvgIpc) is 3.61. The Morgan fingerprint density at radius 3 is 2.44 bits per heavy atom. The van der Waals surface area contributed by atoms with E-state index in [0.717, 1.165) is 34.3 Å². The highest BCUT2D eigenvalue weighted by atomic mass is 32.2. The Kier molecular flexibility index (Phi) is 15.3. The van der Waals surface area contributed by atoms with Crippen molar-refractivity contribution in [2.45, 2.75) is 48.5 Å². The SMILES string of the molecule is Cc1ccc(NC(=O)C2(c3ccc4c(c3)OC(F)(F)O4)CC2)nc1-c1cccc(C(=O)NCCOCCOCC(=O)NCCN2CCC(C(=O)Nc3nc4c(F)cc(NS(=O)(=O)c5cccs5)cc4s3)CC2)c1. The first-order chi connectivity index (χ1) is 35.0. The molecule has 384 valence electrons. The van der Waals surface area contributed by atoms with E-state index in [2.05, 4.69) is 50.3 Å². The number of aromatic nitrogens is 2. The third-order valence-corrected chi connectivity index (χ3v) is 16.1. The molecule has 0 radical (unpaired) electrons. The fourth-order valence-corrected chi connectivity index (χ4v) is 11.4. The Balaban J connectivity index is 0.629. The van der Waals surface area contributed by atoms with Crippen LogP contribution in [0.25, 0.3) is 21.5 Å². The molecule has 1 saturated heterocycles. The summed E-state index contributed by atoms with van der Waals surface area (Å²) in [6.45, 7) is 4.74. The summed E-state index contributed by atoms with van der Waals surface area (Å²) in [6.07, 6.45) is -1.57. The van der Waals surface area contributed by atoms with Gasteiger partial charge in [-0.1, -0.05) is 41.7 Å². The lowest BCUT2D eigenvalue weighted by atomic mass is 9.94. The minimum atomic E-state index is -3.87. The molecule has 0 unspecified atom stereocenters. The minimum Gasteiger partial charge on any atom is -0.395 e. The molecule has 73 heavy (non-hydrogen) atoms. The molecule has 0 bridgehead atoms. The van der Waals surface area contributed by atoms with Crippen molar-refractivity contribution in [3.8, 4) is 22.8 Å². The molecular weight excluding hydrogens is 1010 g/mol. The number of likely N-dealkylation sites (tertiary alicyclic amines) is 1. The second-order valence-electron chi connectivity index (χ2n) is 17.5. The quantitative estimate of drug-likeness (QED) is 0.0464. The van der Waals surface area contributed by atoms with E-state index in [-0.39, 0.29) is 94.6 Å². The average molecular weight is 1060 g/mol. The number of rotatable bonds is 21. The maximum absolute atomic E-state index is 14.9. The van der Waals surface area contributed by atoms with Gasteiger partial charge in [-0.25, -0.2) is 22.8 Å². The maximum atomic E-state index is 14.9. The van der Waals surface area contributed by atoms with Gasteiger partial charge in [0.2, 0.25) is 17.7 Å². The lowest BCUT2D eigenvalue weighted by Gasteiger charge is -2.31. The molecule has 1 saturated carbocycles. The number of hydrogen-bond acceptors (Lipinski definition) is 15. The maximum Gasteiger partial charge on any atom is 0.586 e. The number of pyridine rings is 1. The fraction of sp³-hybridized carbons (Fsp3) is 0.347. The van der Waals surface area contributed by atoms with Crippen LogP contribution in [0.1, 0.15) is 47.2 Å². The predicted octanol–water partition coefficient (Wildman–Crippen LogP) is 6.89. The number of fused-ring (bicyclic) bond motifs is 2. The first kappa shape index (κ1) is 51.2. The van der Waals surface area contributed by atoms with Crippen LogP contribution in [0, 0.1) is 18.7 Å². The number of sulfonamides is 1. The van der Waals surface area contributed by atoms with Crippen LogP contribution in [0.5, 0.6) is 11.5 Å². The monoisotopic (exact) mass is 1060 g/mol. The van der Waals surface area contributed by atoms with E-state index in [0.29, 0.717) is 84.8 Å². The summed E-state index contributed by atoms with van der Waals surface area (Å²) >= 11 is 2.09. The van der Waals surface area contributed by atoms with Gasteiger partial charge in [0.25, 0.3) is 15.9 Å². The van der Waals surface area contributed by atoms with Crippen LogP contribution in [0.15, 0.2) is 88.5 Å². The minimum absolute atomic E-state index is 0.0312. The van der Waals surface area contributed by atoms with Gasteiger partial charge in [-0.05, 0) is 105 Å². The highest BCUT2D eigenvalue weighted by Gasteiger charge is 2.53. The molecule has 5 heterocycles. The number of aryl methyl sites for hydroxylation is 1. The third kappa shape index (κ3) is 12.4. The summed E-state index contributed by atoms with van der Waals surface area (Å²) in [7, 11) is -3.87. The first-order valence-electron chi connectivity index (χ1n) is 23.2. The van der Waals surface area contributed by atoms with Gasteiger partial charge >= 0.3 is 6.29 Å². The van der Waals surface area contributed by atoms with Gasteiger partial charge in [0.1, 0.15) is 22.2 Å². The molecule has 5 N–H and O–H groups in total. The molecule has 0 atom stereocenters. The zero-order valence-electron chi connectivity index (χ0n) is 39.1. The Morgan fingerprint density at radius 1 is 0.863 bits per heavy atom. The van der Waals surface area contributed by atoms with Crippen LogP contribution >= 0.6 is 22.7 Å². The highest BCUT2D eigenvalue weighted by Crippen LogP contribution is 2.52. The van der Waals surface area contributed by atoms with Crippen LogP contribution in [0.4, 0.5) is 29.8 Å². The fourth-order valence-electron chi connectivity index (χ4n) is 8.43. The van der Waals surface area contributed by atoms with E-state index < -0.39 is 27.6 Å². The summed E-state index contributed by atoms with van der Waals surface area (Å²) in [5.41, 5.74) is 2.11. The number of hydrogen-bond donors (Lipinski definition) is 5. The number of thiophene rings is 1. The zero-order valence-corrected chi connectivity index (χ0v) is 41.6. The molecule has 0 spiro atoms. The van der Waals surface area contributed by atoms with E-state index in [1.807, 2.05) is 19.1 Å². The summed E-state index contributed by atoms with van der Waals surface area (Å²) in [6, 6.07) is 20.4.